The standard InChI is InChI=1S/C13H14N2OS/c16-12(9-7-13(9)2-3-13)15-5-6-17-11-1-4-14-8-10(11)15/h1,4,8-9H,2-3,5-7H2. The number of thioether (sulfide) groups is 1. The second-order valence-electron chi connectivity index (χ2n) is 5.30. The first-order chi connectivity index (χ1) is 8.30. The number of fused-ring (bicyclic) bond motifs is 1. The van der Waals surface area contributed by atoms with Crippen LogP contribution >= 0.6 is 11.8 Å². The molecule has 1 aromatic rings. The summed E-state index contributed by atoms with van der Waals surface area (Å²) in [5.41, 5.74) is 1.47. The molecule has 3 nitrogen and oxygen atoms in total. The number of carbonyl (C=O) groups excluding carboxylic acids is 1. The average molecular weight is 246 g/mol. The maximum atomic E-state index is 12.5. The maximum Gasteiger partial charge on any atom is 0.230 e. The molecule has 0 radical (unpaired) electrons. The highest BCUT2D eigenvalue weighted by atomic mass is 32.2. The average Bonchev–Trinajstić information content (AvgIpc) is 3.29. The summed E-state index contributed by atoms with van der Waals surface area (Å²) in [6.45, 7) is 0.842. The summed E-state index contributed by atoms with van der Waals surface area (Å²) in [4.78, 5) is 19.8. The van der Waals surface area contributed by atoms with E-state index in [0.717, 1.165) is 24.4 Å². The second-order valence-corrected chi connectivity index (χ2v) is 6.44. The van der Waals surface area contributed by atoms with E-state index in [2.05, 4.69) is 4.98 Å². The van der Waals surface area contributed by atoms with Gasteiger partial charge in [-0.2, -0.15) is 0 Å². The first-order valence-electron chi connectivity index (χ1n) is 6.18. The molecule has 17 heavy (non-hydrogen) atoms. The Morgan fingerprint density at radius 3 is 3.18 bits per heavy atom. The van der Waals surface area contributed by atoms with E-state index in [1.54, 1.807) is 6.20 Å². The van der Waals surface area contributed by atoms with Gasteiger partial charge in [0.2, 0.25) is 5.91 Å². The molecule has 4 rings (SSSR count). The predicted molar refractivity (Wildman–Crippen MR) is 67.1 cm³/mol. The van der Waals surface area contributed by atoms with Crippen LogP contribution in [0.2, 0.25) is 0 Å². The van der Waals surface area contributed by atoms with Crippen molar-refractivity contribution in [2.75, 3.05) is 17.2 Å². The van der Waals surface area contributed by atoms with E-state index in [4.69, 9.17) is 0 Å². The largest absolute Gasteiger partial charge is 0.309 e. The number of amides is 1. The quantitative estimate of drug-likeness (QED) is 0.762. The Bertz CT molecular complexity index is 498. The highest BCUT2D eigenvalue weighted by Gasteiger charge is 2.66. The van der Waals surface area contributed by atoms with Crippen LogP contribution in [0.1, 0.15) is 19.3 Å². The van der Waals surface area contributed by atoms with E-state index >= 15 is 0 Å². The molecule has 3 aliphatic rings. The molecule has 2 saturated carbocycles. The van der Waals surface area contributed by atoms with Gasteiger partial charge in [0.1, 0.15) is 0 Å². The Balaban J connectivity index is 1.64. The van der Waals surface area contributed by atoms with Gasteiger partial charge in [-0.05, 0) is 30.7 Å². The highest BCUT2D eigenvalue weighted by Crippen LogP contribution is 2.71. The number of hydrogen-bond acceptors (Lipinski definition) is 3. The molecule has 1 aromatic heterocycles. The third kappa shape index (κ3) is 1.43. The maximum absolute atomic E-state index is 12.5. The van der Waals surface area contributed by atoms with E-state index < -0.39 is 0 Å². The zero-order chi connectivity index (χ0) is 11.5. The lowest BCUT2D eigenvalue weighted by molar-refractivity contribution is -0.120. The number of rotatable bonds is 1. The first-order valence-corrected chi connectivity index (χ1v) is 7.17. The molecule has 1 atom stereocenters. The Morgan fingerprint density at radius 2 is 2.41 bits per heavy atom. The Kier molecular flexibility index (Phi) is 1.90. The number of aromatic nitrogens is 1. The molecule has 2 heterocycles. The normalized spacial score (nSPS) is 27.8. The third-order valence-electron chi connectivity index (χ3n) is 4.27. The fourth-order valence-corrected chi connectivity index (χ4v) is 3.85. The van der Waals surface area contributed by atoms with Gasteiger partial charge in [0, 0.05) is 29.3 Å². The van der Waals surface area contributed by atoms with Crippen LogP contribution in [0, 0.1) is 11.3 Å². The van der Waals surface area contributed by atoms with E-state index in [9.17, 15) is 4.79 Å². The Morgan fingerprint density at radius 1 is 1.53 bits per heavy atom. The molecule has 2 aliphatic carbocycles. The van der Waals surface area contributed by atoms with E-state index in [0.29, 0.717) is 17.2 Å². The summed E-state index contributed by atoms with van der Waals surface area (Å²) in [6, 6.07) is 2.01. The summed E-state index contributed by atoms with van der Waals surface area (Å²) < 4.78 is 0. The SMILES string of the molecule is O=C(C1CC12CC2)N1CCSc2ccncc21. The van der Waals surface area contributed by atoms with Crippen molar-refractivity contribution in [2.45, 2.75) is 24.2 Å². The van der Waals surface area contributed by atoms with Gasteiger partial charge >= 0.3 is 0 Å². The topological polar surface area (TPSA) is 33.2 Å². The molecule has 88 valence electrons. The van der Waals surface area contributed by atoms with Crippen LogP contribution in [0.25, 0.3) is 0 Å². The summed E-state index contributed by atoms with van der Waals surface area (Å²) >= 11 is 1.82. The smallest absolute Gasteiger partial charge is 0.230 e. The van der Waals surface area contributed by atoms with Gasteiger partial charge in [0.25, 0.3) is 0 Å². The number of pyridine rings is 1. The second kappa shape index (κ2) is 3.25. The van der Waals surface area contributed by atoms with Gasteiger partial charge < -0.3 is 4.90 Å². The fraction of sp³-hybridized carbons (Fsp3) is 0.538. The lowest BCUT2D eigenvalue weighted by atomic mass is 10.2. The van der Waals surface area contributed by atoms with Crippen molar-refractivity contribution in [3.05, 3.63) is 18.5 Å². The van der Waals surface area contributed by atoms with E-state index in [-0.39, 0.29) is 0 Å². The van der Waals surface area contributed by atoms with Crippen LogP contribution < -0.4 is 4.90 Å². The van der Waals surface area contributed by atoms with Crippen molar-refractivity contribution in [3.63, 3.8) is 0 Å². The molecular formula is C13H14N2OS. The monoisotopic (exact) mass is 246 g/mol. The van der Waals surface area contributed by atoms with Gasteiger partial charge in [0.15, 0.2) is 0 Å². The molecule has 1 unspecified atom stereocenters. The zero-order valence-electron chi connectivity index (χ0n) is 9.56. The van der Waals surface area contributed by atoms with E-state index in [1.165, 1.54) is 17.7 Å². The molecule has 4 heteroatoms. The van der Waals surface area contributed by atoms with Crippen LogP contribution in [-0.2, 0) is 4.79 Å². The van der Waals surface area contributed by atoms with Crippen molar-refractivity contribution >= 4 is 23.4 Å². The van der Waals surface area contributed by atoms with Crippen LogP contribution in [0.4, 0.5) is 5.69 Å². The zero-order valence-corrected chi connectivity index (χ0v) is 10.4. The number of carbonyl (C=O) groups is 1. The lowest BCUT2D eigenvalue weighted by Gasteiger charge is -2.28. The molecule has 0 aromatic carbocycles. The van der Waals surface area contributed by atoms with Crippen LogP contribution in [0.5, 0.6) is 0 Å². The van der Waals surface area contributed by atoms with E-state index in [1.807, 2.05) is 28.9 Å². The first kappa shape index (κ1) is 9.95. The molecule has 0 N–H and O–H groups in total. The van der Waals surface area contributed by atoms with Gasteiger partial charge in [0.05, 0.1) is 11.9 Å². The minimum Gasteiger partial charge on any atom is -0.309 e. The number of anilines is 1. The Labute approximate surface area is 105 Å². The van der Waals surface area contributed by atoms with Crippen molar-refractivity contribution in [1.29, 1.82) is 0 Å². The number of hydrogen-bond donors (Lipinski definition) is 0. The number of nitrogens with zero attached hydrogens (tertiary/aromatic N) is 2. The van der Waals surface area contributed by atoms with Gasteiger partial charge in [-0.1, -0.05) is 0 Å². The molecule has 0 bridgehead atoms. The molecule has 0 saturated heterocycles. The van der Waals surface area contributed by atoms with Crippen LogP contribution in [0.15, 0.2) is 23.4 Å². The van der Waals surface area contributed by atoms with Crippen molar-refractivity contribution in [1.82, 2.24) is 4.98 Å². The molecule has 2 fully saturated rings. The minimum absolute atomic E-state index is 0.318. The Hall–Kier alpha value is -1.03. The summed E-state index contributed by atoms with van der Waals surface area (Å²) in [5, 5.41) is 0. The predicted octanol–water partition coefficient (Wildman–Crippen LogP) is 2.32. The summed E-state index contributed by atoms with van der Waals surface area (Å²) in [6.07, 6.45) is 7.31. The van der Waals surface area contributed by atoms with Crippen LogP contribution in [-0.4, -0.2) is 23.2 Å². The van der Waals surface area contributed by atoms with Crippen molar-refractivity contribution < 1.29 is 4.79 Å². The van der Waals surface area contributed by atoms with Crippen molar-refractivity contribution in [2.24, 2.45) is 11.3 Å². The molecule has 1 spiro atoms. The summed E-state index contributed by atoms with van der Waals surface area (Å²) in [5.74, 6) is 1.67. The molecule has 1 aliphatic heterocycles. The van der Waals surface area contributed by atoms with Gasteiger partial charge in [-0.25, -0.2) is 0 Å². The fourth-order valence-electron chi connectivity index (χ4n) is 2.89. The minimum atomic E-state index is 0.318. The van der Waals surface area contributed by atoms with Gasteiger partial charge in [-0.15, -0.1) is 11.8 Å². The van der Waals surface area contributed by atoms with Crippen LogP contribution in [0.3, 0.4) is 0 Å². The lowest BCUT2D eigenvalue weighted by Crippen LogP contribution is -2.37. The van der Waals surface area contributed by atoms with Gasteiger partial charge in [-0.3, -0.25) is 9.78 Å². The molecule has 1 amide bonds. The third-order valence-corrected chi connectivity index (χ3v) is 5.31. The molecular weight excluding hydrogens is 232 g/mol. The van der Waals surface area contributed by atoms with Crippen molar-refractivity contribution in [3.8, 4) is 0 Å². The summed E-state index contributed by atoms with van der Waals surface area (Å²) in [7, 11) is 0. The highest BCUT2D eigenvalue weighted by molar-refractivity contribution is 7.99.